The number of nitrogens with zero attached hydrogens (tertiary/aromatic N) is 2. The number of amides is 1. The molecule has 0 radical (unpaired) electrons. The van der Waals surface area contributed by atoms with E-state index in [-0.39, 0.29) is 30.9 Å². The van der Waals surface area contributed by atoms with Gasteiger partial charge in [0.1, 0.15) is 10.5 Å². The number of fused-ring (bicyclic) bond motifs is 1. The number of unbranched alkanes of at least 4 members (excludes halogenated alkanes) is 1. The maximum atomic E-state index is 12.0. The Hall–Kier alpha value is -2.22. The zero-order valence-corrected chi connectivity index (χ0v) is 13.0. The largest absolute Gasteiger partial charge is 0.481 e. The Morgan fingerprint density at radius 1 is 1.36 bits per heavy atom. The lowest BCUT2D eigenvalue weighted by atomic mass is 10.2. The molecule has 0 saturated carbocycles. The van der Waals surface area contributed by atoms with Crippen molar-refractivity contribution < 1.29 is 14.7 Å². The van der Waals surface area contributed by atoms with Gasteiger partial charge in [-0.3, -0.25) is 14.4 Å². The van der Waals surface area contributed by atoms with Crippen molar-refractivity contribution in [3.63, 3.8) is 0 Å². The number of nitrogens with one attached hydrogen (secondary N) is 1. The Morgan fingerprint density at radius 3 is 2.82 bits per heavy atom. The summed E-state index contributed by atoms with van der Waals surface area (Å²) in [6.07, 6.45) is 1.36. The van der Waals surface area contributed by atoms with Gasteiger partial charge < -0.3 is 15.0 Å². The van der Waals surface area contributed by atoms with Crippen LogP contribution in [0.25, 0.3) is 10.2 Å². The molecule has 0 aliphatic heterocycles. The van der Waals surface area contributed by atoms with Crippen LogP contribution < -0.4 is 5.56 Å². The molecule has 22 heavy (non-hydrogen) atoms. The molecule has 2 rings (SSSR count). The SMILES string of the molecule is CN(Cc1nc2ccsc2c(=O)[nH]1)C(=O)CCCCC(=O)O. The van der Waals surface area contributed by atoms with Crippen molar-refractivity contribution in [3.8, 4) is 0 Å². The molecule has 2 heterocycles. The Labute approximate surface area is 130 Å². The van der Waals surface area contributed by atoms with E-state index in [0.29, 0.717) is 28.9 Å². The number of aliphatic carboxylic acids is 1. The first kappa shape index (κ1) is 16.2. The van der Waals surface area contributed by atoms with E-state index in [9.17, 15) is 14.4 Å². The number of aromatic nitrogens is 2. The van der Waals surface area contributed by atoms with Crippen molar-refractivity contribution in [2.24, 2.45) is 0 Å². The van der Waals surface area contributed by atoms with Crippen LogP contribution in [0.1, 0.15) is 31.5 Å². The van der Waals surface area contributed by atoms with Crippen LogP contribution in [0.4, 0.5) is 0 Å². The van der Waals surface area contributed by atoms with Crippen LogP contribution in [0.3, 0.4) is 0 Å². The lowest BCUT2D eigenvalue weighted by molar-refractivity contribution is -0.137. The molecule has 0 aromatic carbocycles. The fourth-order valence-corrected chi connectivity index (χ4v) is 2.78. The van der Waals surface area contributed by atoms with Gasteiger partial charge in [-0.2, -0.15) is 0 Å². The second-order valence-electron chi connectivity index (χ2n) is 5.00. The van der Waals surface area contributed by atoms with E-state index >= 15 is 0 Å². The molecule has 2 aromatic heterocycles. The Kier molecular flexibility index (Phi) is 5.26. The summed E-state index contributed by atoms with van der Waals surface area (Å²) in [5, 5.41) is 10.3. The number of aromatic amines is 1. The predicted molar refractivity (Wildman–Crippen MR) is 82.8 cm³/mol. The maximum Gasteiger partial charge on any atom is 0.303 e. The van der Waals surface area contributed by atoms with Gasteiger partial charge in [-0.15, -0.1) is 11.3 Å². The summed E-state index contributed by atoms with van der Waals surface area (Å²) >= 11 is 1.33. The first-order chi connectivity index (χ1) is 10.5. The monoisotopic (exact) mass is 323 g/mol. The molecule has 0 atom stereocenters. The highest BCUT2D eigenvalue weighted by atomic mass is 32.1. The summed E-state index contributed by atoms with van der Waals surface area (Å²) in [5.41, 5.74) is 0.434. The molecule has 118 valence electrons. The number of hydrogen-bond acceptors (Lipinski definition) is 5. The topological polar surface area (TPSA) is 103 Å². The number of carboxylic acid groups (broad SMARTS) is 1. The number of rotatable bonds is 7. The minimum absolute atomic E-state index is 0.0701. The molecule has 0 bridgehead atoms. The second kappa shape index (κ2) is 7.17. The van der Waals surface area contributed by atoms with Crippen LogP contribution in [-0.4, -0.2) is 38.9 Å². The van der Waals surface area contributed by atoms with E-state index in [1.165, 1.54) is 16.2 Å². The number of thiophene rings is 1. The molecule has 0 unspecified atom stereocenters. The van der Waals surface area contributed by atoms with Gasteiger partial charge in [0.15, 0.2) is 0 Å². The van der Waals surface area contributed by atoms with E-state index in [1.54, 1.807) is 18.5 Å². The normalized spacial score (nSPS) is 10.8. The van der Waals surface area contributed by atoms with Crippen molar-refractivity contribution in [2.45, 2.75) is 32.2 Å². The number of carbonyl (C=O) groups is 2. The Morgan fingerprint density at radius 2 is 2.09 bits per heavy atom. The molecule has 0 fully saturated rings. The van der Waals surface area contributed by atoms with Gasteiger partial charge in [0.2, 0.25) is 5.91 Å². The average Bonchev–Trinajstić information content (AvgIpc) is 2.92. The molecular weight excluding hydrogens is 306 g/mol. The summed E-state index contributed by atoms with van der Waals surface area (Å²) < 4.78 is 0.575. The van der Waals surface area contributed by atoms with Crippen LogP contribution in [0.2, 0.25) is 0 Å². The lowest BCUT2D eigenvalue weighted by Crippen LogP contribution is -2.28. The zero-order valence-electron chi connectivity index (χ0n) is 12.2. The van der Waals surface area contributed by atoms with Gasteiger partial charge in [0, 0.05) is 19.9 Å². The highest BCUT2D eigenvalue weighted by Gasteiger charge is 2.12. The first-order valence-corrected chi connectivity index (χ1v) is 7.77. The van der Waals surface area contributed by atoms with Gasteiger partial charge in [-0.25, -0.2) is 4.98 Å². The third-order valence-electron chi connectivity index (χ3n) is 3.21. The molecule has 8 heteroatoms. The van der Waals surface area contributed by atoms with Crippen molar-refractivity contribution in [1.82, 2.24) is 14.9 Å². The van der Waals surface area contributed by atoms with Crippen molar-refractivity contribution in [2.75, 3.05) is 7.05 Å². The van der Waals surface area contributed by atoms with Crippen LogP contribution in [0.15, 0.2) is 16.2 Å². The average molecular weight is 323 g/mol. The van der Waals surface area contributed by atoms with Crippen LogP contribution in [0, 0.1) is 0 Å². The van der Waals surface area contributed by atoms with Crippen molar-refractivity contribution in [1.29, 1.82) is 0 Å². The van der Waals surface area contributed by atoms with Crippen LogP contribution in [-0.2, 0) is 16.1 Å². The maximum absolute atomic E-state index is 12.0. The molecular formula is C14H17N3O4S. The molecule has 7 nitrogen and oxygen atoms in total. The summed E-state index contributed by atoms with van der Waals surface area (Å²) in [5.74, 6) is -0.512. The van der Waals surface area contributed by atoms with Crippen molar-refractivity contribution >= 4 is 33.4 Å². The molecule has 2 aromatic rings. The quantitative estimate of drug-likeness (QED) is 0.753. The van der Waals surface area contributed by atoms with Gasteiger partial charge in [0.05, 0.1) is 12.1 Å². The predicted octanol–water partition coefficient (Wildman–Crippen LogP) is 1.59. The first-order valence-electron chi connectivity index (χ1n) is 6.89. The number of carbonyl (C=O) groups excluding carboxylic acids is 1. The van der Waals surface area contributed by atoms with Crippen LogP contribution in [0.5, 0.6) is 0 Å². The summed E-state index contributed by atoms with van der Waals surface area (Å²) in [6.45, 7) is 0.221. The van der Waals surface area contributed by atoms with E-state index in [4.69, 9.17) is 5.11 Å². The van der Waals surface area contributed by atoms with Gasteiger partial charge >= 0.3 is 5.97 Å². The van der Waals surface area contributed by atoms with E-state index < -0.39 is 5.97 Å². The smallest absolute Gasteiger partial charge is 0.303 e. The zero-order chi connectivity index (χ0) is 16.1. The van der Waals surface area contributed by atoms with Gasteiger partial charge in [-0.1, -0.05) is 0 Å². The highest BCUT2D eigenvalue weighted by Crippen LogP contribution is 2.14. The molecule has 0 saturated heterocycles. The third kappa shape index (κ3) is 4.14. The van der Waals surface area contributed by atoms with Gasteiger partial charge in [-0.05, 0) is 24.3 Å². The number of hydrogen-bond donors (Lipinski definition) is 2. The minimum atomic E-state index is -0.855. The summed E-state index contributed by atoms with van der Waals surface area (Å²) in [6, 6.07) is 1.77. The molecule has 0 aliphatic rings. The molecule has 2 N–H and O–H groups in total. The van der Waals surface area contributed by atoms with E-state index in [2.05, 4.69) is 9.97 Å². The summed E-state index contributed by atoms with van der Waals surface area (Å²) in [4.78, 5) is 42.7. The van der Waals surface area contributed by atoms with E-state index in [0.717, 1.165) is 0 Å². The Bertz CT molecular complexity index is 737. The molecule has 0 aliphatic carbocycles. The molecule has 1 amide bonds. The Balaban J connectivity index is 1.92. The van der Waals surface area contributed by atoms with Gasteiger partial charge in [0.25, 0.3) is 5.56 Å². The number of H-pyrrole nitrogens is 1. The fraction of sp³-hybridized carbons (Fsp3) is 0.429. The number of carboxylic acids is 1. The standard InChI is InChI=1S/C14H17N3O4S/c1-17(11(18)4-2-3-5-12(19)20)8-10-15-9-6-7-22-13(9)14(21)16-10/h6-7H,2-5,8H2,1H3,(H,19,20)(H,15,16,21). The second-order valence-corrected chi connectivity index (χ2v) is 5.91. The fourth-order valence-electron chi connectivity index (χ4n) is 2.05. The highest BCUT2D eigenvalue weighted by molar-refractivity contribution is 7.17. The van der Waals surface area contributed by atoms with E-state index in [1.807, 2.05) is 0 Å². The van der Waals surface area contributed by atoms with Crippen LogP contribution >= 0.6 is 11.3 Å². The van der Waals surface area contributed by atoms with Crippen molar-refractivity contribution in [3.05, 3.63) is 27.6 Å². The minimum Gasteiger partial charge on any atom is -0.481 e. The third-order valence-corrected chi connectivity index (χ3v) is 4.11. The lowest BCUT2D eigenvalue weighted by Gasteiger charge is -2.16. The summed E-state index contributed by atoms with van der Waals surface area (Å²) in [7, 11) is 1.64. The molecule has 0 spiro atoms.